The highest BCUT2D eigenvalue weighted by Gasteiger charge is 2.38. The van der Waals surface area contributed by atoms with Gasteiger partial charge in [0.2, 0.25) is 0 Å². The molecule has 4 nitrogen and oxygen atoms in total. The molecular formula is C23H28F2N4. The summed E-state index contributed by atoms with van der Waals surface area (Å²) in [5.41, 5.74) is 2.63. The maximum atomic E-state index is 14.7. The number of nitrogens with one attached hydrogen (secondary N) is 2. The van der Waals surface area contributed by atoms with Crippen molar-refractivity contribution < 1.29 is 8.78 Å². The maximum absolute atomic E-state index is 14.7. The summed E-state index contributed by atoms with van der Waals surface area (Å²) in [6, 6.07) is 8.85. The van der Waals surface area contributed by atoms with Crippen LogP contribution in [0.3, 0.4) is 0 Å². The van der Waals surface area contributed by atoms with Gasteiger partial charge >= 0.3 is 0 Å². The zero-order chi connectivity index (χ0) is 20.8. The molecule has 2 aromatic heterocycles. The van der Waals surface area contributed by atoms with Gasteiger partial charge in [-0.25, -0.2) is 13.8 Å². The van der Waals surface area contributed by atoms with Gasteiger partial charge in [0, 0.05) is 41.9 Å². The Morgan fingerprint density at radius 3 is 2.72 bits per heavy atom. The number of aromatic amines is 1. The van der Waals surface area contributed by atoms with E-state index in [1.807, 2.05) is 31.3 Å². The van der Waals surface area contributed by atoms with Gasteiger partial charge in [0.1, 0.15) is 17.3 Å². The van der Waals surface area contributed by atoms with E-state index in [2.05, 4.69) is 27.1 Å². The van der Waals surface area contributed by atoms with E-state index < -0.39 is 5.67 Å². The number of alkyl halides is 1. The monoisotopic (exact) mass is 398 g/mol. The number of hydrogen-bond donors (Lipinski definition) is 2. The molecule has 2 N–H and O–H groups in total. The van der Waals surface area contributed by atoms with Gasteiger partial charge in [-0.05, 0) is 69.5 Å². The van der Waals surface area contributed by atoms with Crippen molar-refractivity contribution >= 4 is 16.7 Å². The predicted octanol–water partition coefficient (Wildman–Crippen LogP) is 5.22. The molecule has 0 bridgehead atoms. The third kappa shape index (κ3) is 3.86. The van der Waals surface area contributed by atoms with Crippen molar-refractivity contribution in [1.82, 2.24) is 14.9 Å². The number of benzene rings is 1. The molecule has 6 heteroatoms. The van der Waals surface area contributed by atoms with Crippen molar-refractivity contribution in [3.63, 3.8) is 0 Å². The second-order valence-electron chi connectivity index (χ2n) is 8.56. The first-order chi connectivity index (χ1) is 13.8. The SMILES string of the molecule is CCNc1ccc(C2c3[nH]c4cc(F)ccc4c3CC(C)N2CC(C)(C)F)cn1. The van der Waals surface area contributed by atoms with Crippen LogP contribution in [-0.2, 0) is 6.42 Å². The van der Waals surface area contributed by atoms with E-state index in [-0.39, 0.29) is 17.9 Å². The molecule has 2 unspecified atom stereocenters. The number of pyridine rings is 1. The van der Waals surface area contributed by atoms with Gasteiger partial charge in [-0.2, -0.15) is 0 Å². The van der Waals surface area contributed by atoms with Crippen LogP contribution in [0.5, 0.6) is 0 Å². The average molecular weight is 399 g/mol. The van der Waals surface area contributed by atoms with Gasteiger partial charge in [0.15, 0.2) is 0 Å². The van der Waals surface area contributed by atoms with Crippen LogP contribution in [0.15, 0.2) is 36.5 Å². The van der Waals surface area contributed by atoms with Gasteiger partial charge < -0.3 is 10.3 Å². The fraction of sp³-hybridized carbons (Fsp3) is 0.435. The van der Waals surface area contributed by atoms with Crippen LogP contribution in [0.25, 0.3) is 10.9 Å². The number of hydrogen-bond acceptors (Lipinski definition) is 3. The van der Waals surface area contributed by atoms with E-state index in [9.17, 15) is 8.78 Å². The Balaban J connectivity index is 1.85. The molecule has 2 atom stereocenters. The molecule has 0 radical (unpaired) electrons. The van der Waals surface area contributed by atoms with E-state index in [1.165, 1.54) is 17.7 Å². The van der Waals surface area contributed by atoms with Crippen LogP contribution in [-0.4, -0.2) is 39.7 Å². The number of rotatable bonds is 5. The Morgan fingerprint density at radius 1 is 1.28 bits per heavy atom. The molecule has 0 amide bonds. The second kappa shape index (κ2) is 7.41. The lowest BCUT2D eigenvalue weighted by Gasteiger charge is -2.42. The first-order valence-corrected chi connectivity index (χ1v) is 10.2. The minimum atomic E-state index is -1.33. The number of anilines is 1. The summed E-state index contributed by atoms with van der Waals surface area (Å²) in [4.78, 5) is 10.2. The molecule has 3 aromatic rings. The lowest BCUT2D eigenvalue weighted by atomic mass is 9.88. The van der Waals surface area contributed by atoms with Crippen LogP contribution in [0.1, 0.15) is 50.6 Å². The second-order valence-corrected chi connectivity index (χ2v) is 8.56. The summed E-state index contributed by atoms with van der Waals surface area (Å²) in [6.07, 6.45) is 2.64. The molecule has 0 saturated carbocycles. The molecule has 1 aliphatic rings. The lowest BCUT2D eigenvalue weighted by Crippen LogP contribution is -2.47. The number of halogens is 2. The van der Waals surface area contributed by atoms with E-state index in [0.29, 0.717) is 6.54 Å². The lowest BCUT2D eigenvalue weighted by molar-refractivity contribution is 0.0667. The Bertz CT molecular complexity index is 1000. The molecule has 3 heterocycles. The number of aromatic nitrogens is 2. The Morgan fingerprint density at radius 2 is 2.07 bits per heavy atom. The van der Waals surface area contributed by atoms with Gasteiger partial charge in [-0.15, -0.1) is 0 Å². The zero-order valence-electron chi connectivity index (χ0n) is 17.4. The van der Waals surface area contributed by atoms with Crippen molar-refractivity contribution in [2.75, 3.05) is 18.4 Å². The first-order valence-electron chi connectivity index (χ1n) is 10.2. The third-order valence-corrected chi connectivity index (χ3v) is 5.59. The molecule has 0 spiro atoms. The van der Waals surface area contributed by atoms with E-state index in [4.69, 9.17) is 0 Å². The zero-order valence-corrected chi connectivity index (χ0v) is 17.4. The van der Waals surface area contributed by atoms with Gasteiger partial charge in [-0.3, -0.25) is 4.90 Å². The van der Waals surface area contributed by atoms with Gasteiger partial charge in [-0.1, -0.05) is 6.07 Å². The first kappa shape index (κ1) is 19.8. The van der Waals surface area contributed by atoms with Crippen LogP contribution in [0.2, 0.25) is 0 Å². The fourth-order valence-corrected chi connectivity index (χ4v) is 4.43. The molecule has 0 fully saturated rings. The third-order valence-electron chi connectivity index (χ3n) is 5.59. The molecular weight excluding hydrogens is 370 g/mol. The Labute approximate surface area is 170 Å². The smallest absolute Gasteiger partial charge is 0.125 e. The fourth-order valence-electron chi connectivity index (χ4n) is 4.43. The Kier molecular flexibility index (Phi) is 5.07. The highest BCUT2D eigenvalue weighted by Crippen LogP contribution is 2.41. The molecule has 154 valence electrons. The molecule has 1 aromatic carbocycles. The van der Waals surface area contributed by atoms with Gasteiger partial charge in [0.05, 0.1) is 6.04 Å². The number of H-pyrrole nitrogens is 1. The molecule has 0 saturated heterocycles. The topological polar surface area (TPSA) is 44.0 Å². The summed E-state index contributed by atoms with van der Waals surface area (Å²) < 4.78 is 28.5. The molecule has 4 rings (SSSR count). The molecule has 0 aliphatic carbocycles. The standard InChI is InChI=1S/C23H28F2N4/c1-5-26-20-9-6-15(12-27-20)22-21-18(10-14(2)29(22)13-23(3,4)25)17-8-7-16(24)11-19(17)28-21/h6-9,11-12,14,22,28H,5,10,13H2,1-4H3,(H,26,27). The van der Waals surface area contributed by atoms with E-state index in [0.717, 1.165) is 40.9 Å². The summed E-state index contributed by atoms with van der Waals surface area (Å²) in [5, 5.41) is 4.25. The minimum absolute atomic E-state index is 0.139. The van der Waals surface area contributed by atoms with E-state index >= 15 is 0 Å². The predicted molar refractivity (Wildman–Crippen MR) is 114 cm³/mol. The number of fused-ring (bicyclic) bond motifs is 3. The summed E-state index contributed by atoms with van der Waals surface area (Å²) in [7, 11) is 0. The van der Waals surface area contributed by atoms with Crippen LogP contribution in [0.4, 0.5) is 14.6 Å². The van der Waals surface area contributed by atoms with Crippen molar-refractivity contribution in [3.05, 3.63) is 59.2 Å². The summed E-state index contributed by atoms with van der Waals surface area (Å²) >= 11 is 0. The minimum Gasteiger partial charge on any atom is -0.370 e. The van der Waals surface area contributed by atoms with Crippen molar-refractivity contribution in [2.45, 2.75) is 51.9 Å². The highest BCUT2D eigenvalue weighted by atomic mass is 19.1. The normalized spacial score (nSPS) is 20.1. The summed E-state index contributed by atoms with van der Waals surface area (Å²) in [6.45, 7) is 8.48. The van der Waals surface area contributed by atoms with Crippen LogP contribution >= 0.6 is 0 Å². The van der Waals surface area contributed by atoms with Crippen molar-refractivity contribution in [2.24, 2.45) is 0 Å². The van der Waals surface area contributed by atoms with Crippen LogP contribution < -0.4 is 5.32 Å². The maximum Gasteiger partial charge on any atom is 0.125 e. The molecule has 29 heavy (non-hydrogen) atoms. The quantitative estimate of drug-likeness (QED) is 0.619. The van der Waals surface area contributed by atoms with E-state index in [1.54, 1.807) is 13.8 Å². The highest BCUT2D eigenvalue weighted by molar-refractivity contribution is 5.85. The number of nitrogens with zero attached hydrogens (tertiary/aromatic N) is 2. The van der Waals surface area contributed by atoms with Crippen molar-refractivity contribution in [1.29, 1.82) is 0 Å². The van der Waals surface area contributed by atoms with Crippen molar-refractivity contribution in [3.8, 4) is 0 Å². The average Bonchev–Trinajstić information content (AvgIpc) is 2.99. The Hall–Kier alpha value is -2.47. The summed E-state index contributed by atoms with van der Waals surface area (Å²) in [5.74, 6) is 0.551. The van der Waals surface area contributed by atoms with Gasteiger partial charge in [0.25, 0.3) is 0 Å². The molecule has 1 aliphatic heterocycles. The van der Waals surface area contributed by atoms with Crippen LogP contribution in [0, 0.1) is 5.82 Å². The largest absolute Gasteiger partial charge is 0.370 e.